The SMILES string of the molecule is Cc1cccc(-c2noc(CCC(=O)N3CCCC[C@H]3C)n2)c1. The summed E-state index contributed by atoms with van der Waals surface area (Å²) in [5, 5.41) is 4.02. The quantitative estimate of drug-likeness (QED) is 0.868. The van der Waals surface area contributed by atoms with E-state index in [0.717, 1.165) is 30.5 Å². The van der Waals surface area contributed by atoms with Gasteiger partial charge in [-0.05, 0) is 39.2 Å². The molecule has 1 fully saturated rings. The predicted molar refractivity (Wildman–Crippen MR) is 87.8 cm³/mol. The molecular formula is C18H23N3O2. The summed E-state index contributed by atoms with van der Waals surface area (Å²) >= 11 is 0. The van der Waals surface area contributed by atoms with Crippen molar-refractivity contribution in [1.82, 2.24) is 15.0 Å². The van der Waals surface area contributed by atoms with Gasteiger partial charge in [0, 0.05) is 31.0 Å². The third kappa shape index (κ3) is 3.78. The van der Waals surface area contributed by atoms with Crippen molar-refractivity contribution in [3.05, 3.63) is 35.7 Å². The average molecular weight is 313 g/mol. The van der Waals surface area contributed by atoms with Crippen molar-refractivity contribution in [3.8, 4) is 11.4 Å². The van der Waals surface area contributed by atoms with E-state index in [1.54, 1.807) is 0 Å². The first kappa shape index (κ1) is 15.7. The van der Waals surface area contributed by atoms with E-state index in [-0.39, 0.29) is 5.91 Å². The third-order valence-electron chi connectivity index (χ3n) is 4.42. The summed E-state index contributed by atoms with van der Waals surface area (Å²) in [6.07, 6.45) is 4.35. The fraction of sp³-hybridized carbons (Fsp3) is 0.500. The molecule has 2 heterocycles. The van der Waals surface area contributed by atoms with Gasteiger partial charge in [0.25, 0.3) is 0 Å². The first-order chi connectivity index (χ1) is 11.1. The van der Waals surface area contributed by atoms with E-state index in [1.807, 2.05) is 36.1 Å². The second kappa shape index (κ2) is 6.94. The molecule has 5 heteroatoms. The third-order valence-corrected chi connectivity index (χ3v) is 4.42. The Balaban J connectivity index is 1.60. The minimum atomic E-state index is 0.188. The molecule has 1 aromatic heterocycles. The molecule has 1 amide bonds. The van der Waals surface area contributed by atoms with Gasteiger partial charge in [-0.15, -0.1) is 0 Å². The number of carbonyl (C=O) groups excluding carboxylic acids is 1. The zero-order valence-electron chi connectivity index (χ0n) is 13.8. The Morgan fingerprint density at radius 3 is 3.04 bits per heavy atom. The molecule has 1 aliphatic rings. The molecule has 0 N–H and O–H groups in total. The number of aromatic nitrogens is 2. The summed E-state index contributed by atoms with van der Waals surface area (Å²) in [4.78, 5) is 18.7. The fourth-order valence-electron chi connectivity index (χ4n) is 3.08. The Kier molecular flexibility index (Phi) is 4.74. The number of rotatable bonds is 4. The number of likely N-dealkylation sites (tertiary alicyclic amines) is 1. The van der Waals surface area contributed by atoms with Crippen LogP contribution in [0, 0.1) is 6.92 Å². The lowest BCUT2D eigenvalue weighted by molar-refractivity contribution is -0.134. The second-order valence-electron chi connectivity index (χ2n) is 6.31. The van der Waals surface area contributed by atoms with Gasteiger partial charge in [0.2, 0.25) is 17.6 Å². The summed E-state index contributed by atoms with van der Waals surface area (Å²) in [6, 6.07) is 8.34. The number of aryl methyl sites for hydroxylation is 2. The molecule has 0 aliphatic carbocycles. The van der Waals surface area contributed by atoms with E-state index in [4.69, 9.17) is 4.52 Å². The Labute approximate surface area is 136 Å². The number of carbonyl (C=O) groups is 1. The van der Waals surface area contributed by atoms with Gasteiger partial charge in [-0.3, -0.25) is 4.79 Å². The highest BCUT2D eigenvalue weighted by atomic mass is 16.5. The molecule has 0 bridgehead atoms. The highest BCUT2D eigenvalue weighted by Crippen LogP contribution is 2.19. The highest BCUT2D eigenvalue weighted by molar-refractivity contribution is 5.76. The zero-order valence-corrected chi connectivity index (χ0v) is 13.8. The lowest BCUT2D eigenvalue weighted by atomic mass is 10.0. The molecule has 5 nitrogen and oxygen atoms in total. The van der Waals surface area contributed by atoms with Crippen molar-refractivity contribution in [1.29, 1.82) is 0 Å². The van der Waals surface area contributed by atoms with Crippen molar-refractivity contribution < 1.29 is 9.32 Å². The molecule has 1 atom stereocenters. The molecule has 2 aromatic rings. The molecule has 3 rings (SSSR count). The fourth-order valence-corrected chi connectivity index (χ4v) is 3.08. The number of benzene rings is 1. The normalized spacial score (nSPS) is 18.2. The van der Waals surface area contributed by atoms with Gasteiger partial charge in [0.15, 0.2) is 0 Å². The number of hydrogen-bond acceptors (Lipinski definition) is 4. The number of nitrogens with zero attached hydrogens (tertiary/aromatic N) is 3. The van der Waals surface area contributed by atoms with Gasteiger partial charge >= 0.3 is 0 Å². The number of amides is 1. The van der Waals surface area contributed by atoms with Crippen LogP contribution in [0.1, 0.15) is 44.1 Å². The van der Waals surface area contributed by atoms with Crippen LogP contribution in [-0.4, -0.2) is 33.5 Å². The van der Waals surface area contributed by atoms with Gasteiger partial charge in [-0.25, -0.2) is 0 Å². The van der Waals surface area contributed by atoms with Crippen LogP contribution < -0.4 is 0 Å². The summed E-state index contributed by atoms with van der Waals surface area (Å²) < 4.78 is 5.29. The van der Waals surface area contributed by atoms with Crippen molar-refractivity contribution in [2.45, 2.75) is 52.0 Å². The second-order valence-corrected chi connectivity index (χ2v) is 6.31. The number of hydrogen-bond donors (Lipinski definition) is 0. The van der Waals surface area contributed by atoms with Crippen LogP contribution in [0.4, 0.5) is 0 Å². The zero-order chi connectivity index (χ0) is 16.2. The molecule has 122 valence electrons. The van der Waals surface area contributed by atoms with Crippen LogP contribution in [0.2, 0.25) is 0 Å². The van der Waals surface area contributed by atoms with E-state index >= 15 is 0 Å². The maximum Gasteiger partial charge on any atom is 0.227 e. The summed E-state index contributed by atoms with van der Waals surface area (Å²) in [7, 11) is 0. The van der Waals surface area contributed by atoms with E-state index in [1.165, 1.54) is 6.42 Å². The minimum Gasteiger partial charge on any atom is -0.340 e. The molecule has 1 saturated heterocycles. The predicted octanol–water partition coefficient (Wildman–Crippen LogP) is 3.38. The van der Waals surface area contributed by atoms with Gasteiger partial charge in [-0.1, -0.05) is 28.9 Å². The van der Waals surface area contributed by atoms with Crippen LogP contribution in [0.5, 0.6) is 0 Å². The number of piperidine rings is 1. The van der Waals surface area contributed by atoms with Gasteiger partial charge in [-0.2, -0.15) is 4.98 Å². The summed E-state index contributed by atoms with van der Waals surface area (Å²) in [6.45, 7) is 5.03. The topological polar surface area (TPSA) is 59.2 Å². The van der Waals surface area contributed by atoms with Crippen LogP contribution in [0.25, 0.3) is 11.4 Å². The summed E-state index contributed by atoms with van der Waals surface area (Å²) in [5.41, 5.74) is 2.10. The molecule has 23 heavy (non-hydrogen) atoms. The van der Waals surface area contributed by atoms with Crippen molar-refractivity contribution in [2.75, 3.05) is 6.54 Å². The Morgan fingerprint density at radius 2 is 2.26 bits per heavy atom. The van der Waals surface area contributed by atoms with Crippen LogP contribution in [0.15, 0.2) is 28.8 Å². The maximum atomic E-state index is 12.3. The van der Waals surface area contributed by atoms with Crippen molar-refractivity contribution in [2.24, 2.45) is 0 Å². The summed E-state index contributed by atoms with van der Waals surface area (Å²) in [5.74, 6) is 1.30. The monoisotopic (exact) mass is 313 g/mol. The Morgan fingerprint density at radius 1 is 1.39 bits per heavy atom. The van der Waals surface area contributed by atoms with Crippen molar-refractivity contribution in [3.63, 3.8) is 0 Å². The van der Waals surface area contributed by atoms with E-state index < -0.39 is 0 Å². The molecule has 0 radical (unpaired) electrons. The van der Waals surface area contributed by atoms with Crippen LogP contribution in [0.3, 0.4) is 0 Å². The van der Waals surface area contributed by atoms with Gasteiger partial charge < -0.3 is 9.42 Å². The standard InChI is InChI=1S/C18H23N3O2/c1-13-6-5-8-15(12-13)18-19-16(23-20-18)9-10-17(22)21-11-4-3-7-14(21)2/h5-6,8,12,14H,3-4,7,9-11H2,1-2H3/t14-/m1/s1. The van der Waals surface area contributed by atoms with Crippen LogP contribution in [-0.2, 0) is 11.2 Å². The molecule has 0 unspecified atom stereocenters. The minimum absolute atomic E-state index is 0.188. The van der Waals surface area contributed by atoms with E-state index in [9.17, 15) is 4.79 Å². The van der Waals surface area contributed by atoms with Crippen molar-refractivity contribution >= 4 is 5.91 Å². The van der Waals surface area contributed by atoms with Crippen LogP contribution >= 0.6 is 0 Å². The molecular weight excluding hydrogens is 290 g/mol. The smallest absolute Gasteiger partial charge is 0.227 e. The first-order valence-electron chi connectivity index (χ1n) is 8.32. The lowest BCUT2D eigenvalue weighted by Crippen LogP contribution is -2.42. The molecule has 1 aromatic carbocycles. The average Bonchev–Trinajstić information content (AvgIpc) is 3.02. The molecule has 0 saturated carbocycles. The largest absolute Gasteiger partial charge is 0.340 e. The van der Waals surface area contributed by atoms with E-state index in [0.29, 0.717) is 30.6 Å². The maximum absolute atomic E-state index is 12.3. The lowest BCUT2D eigenvalue weighted by Gasteiger charge is -2.33. The highest BCUT2D eigenvalue weighted by Gasteiger charge is 2.23. The first-order valence-corrected chi connectivity index (χ1v) is 8.32. The van der Waals surface area contributed by atoms with E-state index in [2.05, 4.69) is 17.1 Å². The molecule has 0 spiro atoms. The van der Waals surface area contributed by atoms with Gasteiger partial charge in [0.05, 0.1) is 0 Å². The molecule has 1 aliphatic heterocycles. The van der Waals surface area contributed by atoms with Gasteiger partial charge in [0.1, 0.15) is 0 Å². The Hall–Kier alpha value is -2.17. The Bertz CT molecular complexity index is 680.